The van der Waals surface area contributed by atoms with Crippen LogP contribution in [0.2, 0.25) is 0 Å². The van der Waals surface area contributed by atoms with Gasteiger partial charge in [0.15, 0.2) is 0 Å². The lowest BCUT2D eigenvalue weighted by molar-refractivity contribution is -0.149. The molecule has 3 amide bonds. The van der Waals surface area contributed by atoms with E-state index in [1.54, 1.807) is 4.90 Å². The van der Waals surface area contributed by atoms with Crippen molar-refractivity contribution in [3.63, 3.8) is 0 Å². The molecule has 5 nitrogen and oxygen atoms in total. The molecule has 2 aliphatic rings. The minimum Gasteiger partial charge on any atom is -0.325 e. The molecule has 1 heterocycles. The number of imide groups is 1. The number of hydrogen-bond acceptors (Lipinski definition) is 3. The van der Waals surface area contributed by atoms with Crippen molar-refractivity contribution >= 4 is 23.4 Å². The van der Waals surface area contributed by atoms with Gasteiger partial charge >= 0.3 is 0 Å². The molecule has 0 spiro atoms. The molecule has 1 aliphatic carbocycles. The highest BCUT2D eigenvalue weighted by Crippen LogP contribution is 2.35. The van der Waals surface area contributed by atoms with Crippen LogP contribution in [0.1, 0.15) is 65.7 Å². The van der Waals surface area contributed by atoms with E-state index in [0.29, 0.717) is 12.1 Å². The number of hydrogen-bond donors (Lipinski definition) is 0. The quantitative estimate of drug-likeness (QED) is 0.715. The first kappa shape index (κ1) is 20.5. The number of carbonyl (C=O) groups excluding carboxylic acids is 3. The Balaban J connectivity index is 1.91. The second-order valence-electron chi connectivity index (χ2n) is 8.47. The lowest BCUT2D eigenvalue weighted by Crippen LogP contribution is -2.57. The van der Waals surface area contributed by atoms with Crippen molar-refractivity contribution in [2.45, 2.75) is 77.3 Å². The third kappa shape index (κ3) is 3.82. The van der Waals surface area contributed by atoms with Crippen molar-refractivity contribution in [1.29, 1.82) is 0 Å². The highest BCUT2D eigenvalue weighted by atomic mass is 19.1. The summed E-state index contributed by atoms with van der Waals surface area (Å²) in [5, 5.41) is 0. The Morgan fingerprint density at radius 3 is 2.32 bits per heavy atom. The zero-order valence-electron chi connectivity index (χ0n) is 16.9. The van der Waals surface area contributed by atoms with E-state index in [0.717, 1.165) is 37.0 Å². The maximum absolute atomic E-state index is 13.4. The molecule has 1 unspecified atom stereocenters. The van der Waals surface area contributed by atoms with E-state index >= 15 is 0 Å². The zero-order valence-corrected chi connectivity index (χ0v) is 16.9. The van der Waals surface area contributed by atoms with Crippen LogP contribution >= 0.6 is 0 Å². The Morgan fingerprint density at radius 2 is 1.75 bits per heavy atom. The molecular weight excluding hydrogens is 359 g/mol. The summed E-state index contributed by atoms with van der Waals surface area (Å²) in [7, 11) is 0. The largest absolute Gasteiger partial charge is 0.325 e. The van der Waals surface area contributed by atoms with Gasteiger partial charge in [0, 0.05) is 11.5 Å². The van der Waals surface area contributed by atoms with E-state index in [4.69, 9.17) is 0 Å². The van der Waals surface area contributed by atoms with Gasteiger partial charge in [-0.3, -0.25) is 14.4 Å². The summed E-state index contributed by atoms with van der Waals surface area (Å²) in [6.07, 6.45) is 5.52. The molecule has 1 saturated carbocycles. The number of carbonyl (C=O) groups is 3. The standard InChI is InChI=1S/C22H29FN2O3/c1-4-22(2,3)25(20(27)15-8-6-5-7-9-15)18-14-19(26)24(21(18)28)17-12-10-16(23)11-13-17/h10-13,15,18H,4-9,14H2,1-3H3. The third-order valence-corrected chi connectivity index (χ3v) is 6.23. The van der Waals surface area contributed by atoms with E-state index in [1.165, 1.54) is 24.3 Å². The van der Waals surface area contributed by atoms with Crippen LogP contribution in [-0.2, 0) is 14.4 Å². The molecule has 0 aromatic heterocycles. The van der Waals surface area contributed by atoms with Crippen LogP contribution in [0, 0.1) is 11.7 Å². The van der Waals surface area contributed by atoms with Crippen molar-refractivity contribution in [2.24, 2.45) is 5.92 Å². The number of amides is 3. The average molecular weight is 388 g/mol. The minimum absolute atomic E-state index is 0.0151. The third-order valence-electron chi connectivity index (χ3n) is 6.23. The first-order chi connectivity index (χ1) is 13.3. The summed E-state index contributed by atoms with van der Waals surface area (Å²) < 4.78 is 13.2. The molecule has 1 saturated heterocycles. The lowest BCUT2D eigenvalue weighted by Gasteiger charge is -2.43. The molecule has 0 bridgehead atoms. The van der Waals surface area contributed by atoms with Crippen molar-refractivity contribution in [2.75, 3.05) is 4.90 Å². The van der Waals surface area contributed by atoms with Crippen molar-refractivity contribution in [3.05, 3.63) is 30.1 Å². The van der Waals surface area contributed by atoms with Crippen LogP contribution in [0.25, 0.3) is 0 Å². The summed E-state index contributed by atoms with van der Waals surface area (Å²) in [6, 6.07) is 4.49. The van der Waals surface area contributed by atoms with Gasteiger partial charge in [-0.1, -0.05) is 26.2 Å². The van der Waals surface area contributed by atoms with E-state index in [-0.39, 0.29) is 24.2 Å². The van der Waals surface area contributed by atoms with Crippen LogP contribution < -0.4 is 4.90 Å². The van der Waals surface area contributed by atoms with E-state index in [1.807, 2.05) is 20.8 Å². The average Bonchev–Trinajstić information content (AvgIpc) is 2.97. The molecule has 1 aliphatic heterocycles. The maximum atomic E-state index is 13.4. The second-order valence-corrected chi connectivity index (χ2v) is 8.47. The number of nitrogens with zero attached hydrogens (tertiary/aromatic N) is 2. The van der Waals surface area contributed by atoms with Crippen LogP contribution in [-0.4, -0.2) is 34.2 Å². The molecular formula is C22H29FN2O3. The number of benzene rings is 1. The van der Waals surface area contributed by atoms with Crippen LogP contribution in [0.4, 0.5) is 10.1 Å². The SMILES string of the molecule is CCC(C)(C)N(C(=O)C1CCCCC1)C1CC(=O)N(c2ccc(F)cc2)C1=O. The summed E-state index contributed by atoms with van der Waals surface area (Å²) in [4.78, 5) is 42.1. The highest BCUT2D eigenvalue weighted by molar-refractivity contribution is 6.23. The molecule has 3 rings (SSSR count). The minimum atomic E-state index is -0.804. The Bertz CT molecular complexity index is 754. The van der Waals surface area contributed by atoms with Gasteiger partial charge in [0.05, 0.1) is 12.1 Å². The van der Waals surface area contributed by atoms with Crippen molar-refractivity contribution in [1.82, 2.24) is 4.90 Å². The smallest absolute Gasteiger partial charge is 0.257 e. The molecule has 6 heteroatoms. The molecule has 28 heavy (non-hydrogen) atoms. The summed E-state index contributed by atoms with van der Waals surface area (Å²) >= 11 is 0. The normalized spacial score (nSPS) is 21.3. The Labute approximate surface area is 165 Å². The van der Waals surface area contributed by atoms with Crippen molar-refractivity contribution < 1.29 is 18.8 Å². The predicted octanol–water partition coefficient (Wildman–Crippen LogP) is 4.06. The number of halogens is 1. The van der Waals surface area contributed by atoms with Gasteiger partial charge in [0.2, 0.25) is 11.8 Å². The van der Waals surface area contributed by atoms with Gasteiger partial charge in [-0.15, -0.1) is 0 Å². The predicted molar refractivity (Wildman–Crippen MR) is 105 cm³/mol. The number of anilines is 1. The molecule has 152 valence electrons. The maximum Gasteiger partial charge on any atom is 0.257 e. The molecule has 1 aromatic rings. The van der Waals surface area contributed by atoms with Gasteiger partial charge in [-0.25, -0.2) is 9.29 Å². The summed E-state index contributed by atoms with van der Waals surface area (Å²) in [5.41, 5.74) is -0.188. The fraction of sp³-hybridized carbons (Fsp3) is 0.591. The molecule has 1 aromatic carbocycles. The molecule has 1 atom stereocenters. The Kier molecular flexibility index (Phi) is 5.87. The Morgan fingerprint density at radius 1 is 1.14 bits per heavy atom. The molecule has 0 N–H and O–H groups in total. The van der Waals surface area contributed by atoms with Crippen LogP contribution in [0.3, 0.4) is 0 Å². The summed E-state index contributed by atoms with van der Waals surface area (Å²) in [5.74, 6) is -1.28. The fourth-order valence-corrected chi connectivity index (χ4v) is 4.27. The number of rotatable bonds is 5. The molecule has 2 fully saturated rings. The lowest BCUT2D eigenvalue weighted by atomic mass is 9.85. The fourth-order valence-electron chi connectivity index (χ4n) is 4.27. The topological polar surface area (TPSA) is 57.7 Å². The first-order valence-corrected chi connectivity index (χ1v) is 10.2. The van der Waals surface area contributed by atoms with E-state index in [2.05, 4.69) is 0 Å². The van der Waals surface area contributed by atoms with E-state index in [9.17, 15) is 18.8 Å². The first-order valence-electron chi connectivity index (χ1n) is 10.2. The highest BCUT2D eigenvalue weighted by Gasteiger charge is 2.49. The van der Waals surface area contributed by atoms with Gasteiger partial charge in [-0.05, 0) is 57.4 Å². The second kappa shape index (κ2) is 8.02. The summed E-state index contributed by atoms with van der Waals surface area (Å²) in [6.45, 7) is 5.89. The monoisotopic (exact) mass is 388 g/mol. The van der Waals surface area contributed by atoms with Gasteiger partial charge in [0.1, 0.15) is 11.9 Å². The zero-order chi connectivity index (χ0) is 20.5. The van der Waals surface area contributed by atoms with Crippen LogP contribution in [0.15, 0.2) is 24.3 Å². The molecule has 0 radical (unpaired) electrons. The van der Waals surface area contributed by atoms with Crippen molar-refractivity contribution in [3.8, 4) is 0 Å². The van der Waals surface area contributed by atoms with Gasteiger partial charge in [-0.2, -0.15) is 0 Å². The van der Waals surface area contributed by atoms with Gasteiger partial charge in [0.25, 0.3) is 5.91 Å². The van der Waals surface area contributed by atoms with E-state index < -0.39 is 23.3 Å². The van der Waals surface area contributed by atoms with Gasteiger partial charge < -0.3 is 4.90 Å². The Hall–Kier alpha value is -2.24. The van der Waals surface area contributed by atoms with Crippen LogP contribution in [0.5, 0.6) is 0 Å².